The van der Waals surface area contributed by atoms with Crippen LogP contribution in [0.25, 0.3) is 0 Å². The van der Waals surface area contributed by atoms with E-state index in [1.165, 1.54) is 0 Å². The van der Waals surface area contributed by atoms with Crippen LogP contribution in [0, 0.1) is 5.82 Å². The molecule has 0 fully saturated rings. The predicted octanol–water partition coefficient (Wildman–Crippen LogP) is 2.02. The molecule has 14 heavy (non-hydrogen) atoms. The van der Waals surface area contributed by atoms with Gasteiger partial charge >= 0.3 is 6.61 Å². The van der Waals surface area contributed by atoms with Gasteiger partial charge < -0.3 is 4.74 Å². The van der Waals surface area contributed by atoms with Gasteiger partial charge in [0.15, 0.2) is 11.6 Å². The Bertz CT molecular complexity index is 354. The summed E-state index contributed by atoms with van der Waals surface area (Å²) < 4.78 is 40.2. The molecule has 0 saturated carbocycles. The SMILES string of the molecule is CC(=O)c1ncc(OC(F)F)cc1F. The number of Topliss-reactive ketones (excluding diaryl/α,β-unsaturated/α-hetero) is 1. The van der Waals surface area contributed by atoms with Gasteiger partial charge in [-0.2, -0.15) is 8.78 Å². The number of nitrogens with zero attached hydrogens (tertiary/aromatic N) is 1. The average Bonchev–Trinajstić information content (AvgIpc) is 2.01. The lowest BCUT2D eigenvalue weighted by molar-refractivity contribution is -0.0502. The quantitative estimate of drug-likeness (QED) is 0.708. The highest BCUT2D eigenvalue weighted by atomic mass is 19.3. The second-order valence-electron chi connectivity index (χ2n) is 2.44. The summed E-state index contributed by atoms with van der Waals surface area (Å²) in [5.41, 5.74) is -0.397. The molecule has 0 radical (unpaired) electrons. The van der Waals surface area contributed by atoms with Crippen LogP contribution in [0.1, 0.15) is 17.4 Å². The van der Waals surface area contributed by atoms with E-state index < -0.39 is 29.7 Å². The summed E-state index contributed by atoms with van der Waals surface area (Å²) in [6.45, 7) is -1.92. The lowest BCUT2D eigenvalue weighted by Crippen LogP contribution is -2.05. The zero-order valence-electron chi connectivity index (χ0n) is 7.13. The summed E-state index contributed by atoms with van der Waals surface area (Å²) >= 11 is 0. The molecule has 0 aliphatic heterocycles. The maximum absolute atomic E-state index is 12.9. The van der Waals surface area contributed by atoms with Crippen molar-refractivity contribution in [1.29, 1.82) is 0 Å². The average molecular weight is 205 g/mol. The maximum Gasteiger partial charge on any atom is 0.387 e. The zero-order valence-corrected chi connectivity index (χ0v) is 7.13. The Morgan fingerprint density at radius 1 is 1.57 bits per heavy atom. The molecular formula is C8H6F3NO2. The summed E-state index contributed by atoms with van der Waals surface area (Å²) in [6.07, 6.45) is 0.867. The first-order valence-electron chi connectivity index (χ1n) is 3.62. The van der Waals surface area contributed by atoms with Crippen LogP contribution >= 0.6 is 0 Å². The van der Waals surface area contributed by atoms with E-state index in [1.807, 2.05) is 0 Å². The van der Waals surface area contributed by atoms with Crippen LogP contribution in [-0.2, 0) is 0 Å². The summed E-state index contributed by atoms with van der Waals surface area (Å²) in [4.78, 5) is 14.1. The van der Waals surface area contributed by atoms with Crippen molar-refractivity contribution in [3.8, 4) is 5.75 Å². The topological polar surface area (TPSA) is 39.2 Å². The summed E-state index contributed by atoms with van der Waals surface area (Å²) in [5.74, 6) is -1.97. The third-order valence-electron chi connectivity index (χ3n) is 1.37. The molecule has 0 N–H and O–H groups in total. The summed E-state index contributed by atoms with van der Waals surface area (Å²) in [6, 6.07) is 0.690. The van der Waals surface area contributed by atoms with Crippen LogP contribution in [-0.4, -0.2) is 17.4 Å². The van der Waals surface area contributed by atoms with Gasteiger partial charge in [-0.3, -0.25) is 4.79 Å². The Morgan fingerprint density at radius 2 is 2.21 bits per heavy atom. The Kier molecular flexibility index (Phi) is 3.06. The molecule has 3 nitrogen and oxygen atoms in total. The molecule has 76 valence electrons. The van der Waals surface area contributed by atoms with Crippen LogP contribution in [0.2, 0.25) is 0 Å². The molecule has 0 amide bonds. The molecular weight excluding hydrogens is 199 g/mol. The lowest BCUT2D eigenvalue weighted by Gasteiger charge is -2.04. The Hall–Kier alpha value is -1.59. The molecule has 6 heteroatoms. The monoisotopic (exact) mass is 205 g/mol. The van der Waals surface area contributed by atoms with E-state index in [4.69, 9.17) is 0 Å². The lowest BCUT2D eigenvalue weighted by atomic mass is 10.2. The number of carbonyl (C=O) groups excluding carboxylic acids is 1. The van der Waals surface area contributed by atoms with Crippen LogP contribution in [0.3, 0.4) is 0 Å². The molecule has 0 atom stereocenters. The summed E-state index contributed by atoms with van der Waals surface area (Å²) in [7, 11) is 0. The van der Waals surface area contributed by atoms with Crippen molar-refractivity contribution in [3.05, 3.63) is 23.8 Å². The van der Waals surface area contributed by atoms with Gasteiger partial charge in [-0.05, 0) is 0 Å². The third-order valence-corrected chi connectivity index (χ3v) is 1.37. The maximum atomic E-state index is 12.9. The molecule has 1 rings (SSSR count). The first kappa shape index (κ1) is 10.5. The Labute approximate surface area is 77.5 Å². The van der Waals surface area contributed by atoms with Gasteiger partial charge in [0, 0.05) is 13.0 Å². The van der Waals surface area contributed by atoms with E-state index in [1.54, 1.807) is 0 Å². The number of rotatable bonds is 3. The molecule has 1 aromatic heterocycles. The van der Waals surface area contributed by atoms with E-state index in [2.05, 4.69) is 9.72 Å². The van der Waals surface area contributed by atoms with Crippen molar-refractivity contribution < 1.29 is 22.7 Å². The van der Waals surface area contributed by atoms with E-state index in [0.29, 0.717) is 6.07 Å². The normalized spacial score (nSPS) is 10.4. The van der Waals surface area contributed by atoms with Crippen molar-refractivity contribution in [2.75, 3.05) is 0 Å². The molecule has 0 aromatic carbocycles. The minimum Gasteiger partial charge on any atom is -0.433 e. The number of pyridine rings is 1. The fourth-order valence-electron chi connectivity index (χ4n) is 0.847. The second kappa shape index (κ2) is 4.08. The smallest absolute Gasteiger partial charge is 0.387 e. The van der Waals surface area contributed by atoms with Gasteiger partial charge in [-0.1, -0.05) is 0 Å². The standard InChI is InChI=1S/C8H6F3NO2/c1-4(13)7-6(9)2-5(3-12-7)14-8(10)11/h2-3,8H,1H3. The van der Waals surface area contributed by atoms with Gasteiger partial charge in [0.05, 0.1) is 6.20 Å². The van der Waals surface area contributed by atoms with E-state index >= 15 is 0 Å². The van der Waals surface area contributed by atoms with Gasteiger partial charge in [0.2, 0.25) is 0 Å². The minimum absolute atomic E-state index is 0.397. The predicted molar refractivity (Wildman–Crippen MR) is 40.8 cm³/mol. The molecule has 0 bridgehead atoms. The van der Waals surface area contributed by atoms with Crippen molar-refractivity contribution >= 4 is 5.78 Å². The minimum atomic E-state index is -3.04. The second-order valence-corrected chi connectivity index (χ2v) is 2.44. The van der Waals surface area contributed by atoms with Crippen LogP contribution in [0.15, 0.2) is 12.3 Å². The molecule has 0 aliphatic rings. The number of ether oxygens (including phenoxy) is 1. The molecule has 0 aliphatic carbocycles. The number of halogens is 3. The first-order chi connectivity index (χ1) is 6.50. The number of ketones is 1. The van der Waals surface area contributed by atoms with E-state index in [0.717, 1.165) is 13.1 Å². The fourth-order valence-corrected chi connectivity index (χ4v) is 0.847. The number of alkyl halides is 2. The fraction of sp³-hybridized carbons (Fsp3) is 0.250. The van der Waals surface area contributed by atoms with Crippen LogP contribution in [0.5, 0.6) is 5.75 Å². The molecule has 0 unspecified atom stereocenters. The van der Waals surface area contributed by atoms with Gasteiger partial charge in [-0.15, -0.1) is 0 Å². The van der Waals surface area contributed by atoms with Crippen LogP contribution in [0.4, 0.5) is 13.2 Å². The first-order valence-corrected chi connectivity index (χ1v) is 3.62. The highest BCUT2D eigenvalue weighted by Crippen LogP contribution is 2.16. The van der Waals surface area contributed by atoms with Crippen molar-refractivity contribution in [2.45, 2.75) is 13.5 Å². The number of hydrogen-bond donors (Lipinski definition) is 0. The number of hydrogen-bond acceptors (Lipinski definition) is 3. The van der Waals surface area contributed by atoms with Crippen molar-refractivity contribution in [2.24, 2.45) is 0 Å². The molecule has 0 saturated heterocycles. The van der Waals surface area contributed by atoms with Gasteiger partial charge in [0.25, 0.3) is 0 Å². The summed E-state index contributed by atoms with van der Waals surface area (Å²) in [5, 5.41) is 0. The number of aromatic nitrogens is 1. The van der Waals surface area contributed by atoms with Crippen molar-refractivity contribution in [3.63, 3.8) is 0 Å². The van der Waals surface area contributed by atoms with Crippen molar-refractivity contribution in [1.82, 2.24) is 4.98 Å². The van der Waals surface area contributed by atoms with Crippen LogP contribution < -0.4 is 4.74 Å². The zero-order chi connectivity index (χ0) is 10.7. The number of carbonyl (C=O) groups is 1. The third kappa shape index (κ3) is 2.45. The van der Waals surface area contributed by atoms with E-state index in [-0.39, 0.29) is 0 Å². The Morgan fingerprint density at radius 3 is 2.64 bits per heavy atom. The highest BCUT2D eigenvalue weighted by molar-refractivity contribution is 5.92. The molecule has 0 spiro atoms. The molecule has 1 aromatic rings. The van der Waals surface area contributed by atoms with Gasteiger partial charge in [0.1, 0.15) is 11.4 Å². The molecule has 1 heterocycles. The van der Waals surface area contributed by atoms with Gasteiger partial charge in [-0.25, -0.2) is 9.37 Å². The largest absolute Gasteiger partial charge is 0.433 e. The van der Waals surface area contributed by atoms with E-state index in [9.17, 15) is 18.0 Å². The Balaban J connectivity index is 2.94. The highest BCUT2D eigenvalue weighted by Gasteiger charge is 2.12.